The lowest BCUT2D eigenvalue weighted by Crippen LogP contribution is -2.34. The zero-order valence-corrected chi connectivity index (χ0v) is 21.4. The van der Waals surface area contributed by atoms with E-state index < -0.39 is 6.09 Å². The molecule has 3 aromatic heterocycles. The van der Waals surface area contributed by atoms with Gasteiger partial charge in [-0.25, -0.2) is 24.7 Å². The Morgan fingerprint density at radius 3 is 2.51 bits per heavy atom. The summed E-state index contributed by atoms with van der Waals surface area (Å²) >= 11 is 1.49. The Morgan fingerprint density at radius 1 is 0.946 bits per heavy atom. The smallest absolute Gasteiger partial charge is 0.448 e. The summed E-state index contributed by atoms with van der Waals surface area (Å²) in [7, 11) is 3.08. The molecule has 0 spiro atoms. The van der Waals surface area contributed by atoms with Crippen LogP contribution in [-0.4, -0.2) is 46.9 Å². The fourth-order valence-corrected chi connectivity index (χ4v) is 4.69. The molecule has 0 unspecified atom stereocenters. The van der Waals surface area contributed by atoms with E-state index in [4.69, 9.17) is 24.0 Å². The van der Waals surface area contributed by atoms with Crippen LogP contribution in [0.1, 0.15) is 12.5 Å². The highest BCUT2D eigenvalue weighted by Crippen LogP contribution is 2.36. The minimum atomic E-state index is -0.667. The van der Waals surface area contributed by atoms with E-state index in [1.807, 2.05) is 31.2 Å². The molecule has 0 aliphatic rings. The number of thiazole rings is 1. The van der Waals surface area contributed by atoms with Crippen molar-refractivity contribution in [2.24, 2.45) is 0 Å². The number of fused-ring (bicyclic) bond motifs is 2. The number of hydrogen-bond acceptors (Lipinski definition) is 10. The number of nitrogens with zero attached hydrogens (tertiary/aromatic N) is 5. The van der Waals surface area contributed by atoms with E-state index in [0.717, 1.165) is 42.4 Å². The molecule has 10 nitrogen and oxygen atoms in total. The summed E-state index contributed by atoms with van der Waals surface area (Å²) in [6, 6.07) is 12.7. The topological polar surface area (TPSA) is 109 Å². The van der Waals surface area contributed by atoms with Crippen LogP contribution >= 0.6 is 11.3 Å². The second kappa shape index (κ2) is 10.2. The van der Waals surface area contributed by atoms with Crippen molar-refractivity contribution >= 4 is 44.4 Å². The first kappa shape index (κ1) is 24.2. The van der Waals surface area contributed by atoms with Crippen LogP contribution in [0.5, 0.6) is 17.5 Å². The van der Waals surface area contributed by atoms with Gasteiger partial charge < -0.3 is 19.0 Å². The van der Waals surface area contributed by atoms with Crippen molar-refractivity contribution in [3.05, 3.63) is 60.4 Å². The van der Waals surface area contributed by atoms with Gasteiger partial charge in [-0.15, -0.1) is 16.4 Å². The minimum absolute atomic E-state index is 0.193. The molecule has 1 amide bonds. The van der Waals surface area contributed by atoms with Crippen molar-refractivity contribution < 1.29 is 23.8 Å². The molecule has 5 aromatic rings. The van der Waals surface area contributed by atoms with Crippen LogP contribution in [0.25, 0.3) is 31.8 Å². The largest absolute Gasteiger partial charge is 0.481 e. The maximum atomic E-state index is 12.6. The van der Waals surface area contributed by atoms with Gasteiger partial charge in [0.25, 0.3) is 0 Å². The zero-order valence-electron chi connectivity index (χ0n) is 20.6. The summed E-state index contributed by atoms with van der Waals surface area (Å²) in [5, 5.41) is 1.85. The minimum Gasteiger partial charge on any atom is -0.481 e. The molecule has 0 N–H and O–H groups in total. The molecule has 0 aliphatic carbocycles. The second-order valence-corrected chi connectivity index (χ2v) is 8.92. The quantitative estimate of drug-likeness (QED) is 0.255. The molecule has 0 fully saturated rings. The summed E-state index contributed by atoms with van der Waals surface area (Å²) in [6.45, 7) is 3.92. The number of methoxy groups -OCH3 is 2. The first-order chi connectivity index (χ1) is 18.0. The number of aromatic nitrogens is 4. The van der Waals surface area contributed by atoms with Gasteiger partial charge in [0.2, 0.25) is 11.8 Å². The Kier molecular flexibility index (Phi) is 6.69. The predicted octanol–water partition coefficient (Wildman–Crippen LogP) is 5.58. The number of hydroxylamine groups is 1. The van der Waals surface area contributed by atoms with Crippen LogP contribution in [0.2, 0.25) is 0 Å². The molecule has 0 saturated heterocycles. The van der Waals surface area contributed by atoms with Crippen molar-refractivity contribution in [1.82, 2.24) is 19.9 Å². The zero-order chi connectivity index (χ0) is 25.9. The summed E-state index contributed by atoms with van der Waals surface area (Å²) in [5.41, 5.74) is 4.57. The summed E-state index contributed by atoms with van der Waals surface area (Å²) in [6.07, 6.45) is 2.40. The Bertz CT molecular complexity index is 1590. The fourth-order valence-electron chi connectivity index (χ4n) is 3.68. The first-order valence-electron chi connectivity index (χ1n) is 11.4. The molecular weight excluding hydrogens is 494 g/mol. The SMILES string of the molecule is CCOC(=O)N(Oc1ccc2nc(-c3cc(C)cc4nc(OC)cnc34)sc2c1)c1ccc(OC)nc1. The maximum Gasteiger partial charge on any atom is 0.448 e. The van der Waals surface area contributed by atoms with Crippen LogP contribution < -0.4 is 19.4 Å². The van der Waals surface area contributed by atoms with Crippen molar-refractivity contribution in [1.29, 1.82) is 0 Å². The highest BCUT2D eigenvalue weighted by molar-refractivity contribution is 7.21. The number of rotatable bonds is 7. The Balaban J connectivity index is 1.50. The van der Waals surface area contributed by atoms with Gasteiger partial charge in [0, 0.05) is 17.7 Å². The fraction of sp³-hybridized carbons (Fsp3) is 0.192. The number of carbonyl (C=O) groups excluding carboxylic acids is 1. The van der Waals surface area contributed by atoms with E-state index in [2.05, 4.69) is 15.0 Å². The highest BCUT2D eigenvalue weighted by atomic mass is 32.1. The number of benzene rings is 2. The van der Waals surface area contributed by atoms with Crippen molar-refractivity contribution in [2.75, 3.05) is 25.9 Å². The van der Waals surface area contributed by atoms with Gasteiger partial charge in [-0.2, -0.15) is 0 Å². The van der Waals surface area contributed by atoms with Gasteiger partial charge in [-0.1, -0.05) is 0 Å². The number of pyridine rings is 1. The standard InChI is InChI=1S/C26H23N5O5S/c1-5-35-26(32)31(16-6-9-22(33-3)27-13-16)36-17-7-8-19-21(12-17)37-25(30-19)18-10-15(2)11-20-24(18)28-14-23(29-20)34-4/h6-14H,5H2,1-4H3. The third kappa shape index (κ3) is 4.94. The lowest BCUT2D eigenvalue weighted by atomic mass is 10.1. The number of amides is 1. The van der Waals surface area contributed by atoms with Crippen LogP contribution in [0.4, 0.5) is 10.5 Å². The molecular formula is C26H23N5O5S. The molecule has 0 bridgehead atoms. The summed E-state index contributed by atoms with van der Waals surface area (Å²) < 4.78 is 16.4. The molecule has 11 heteroatoms. The molecule has 5 rings (SSSR count). The van der Waals surface area contributed by atoms with Gasteiger partial charge in [-0.05, 0) is 49.7 Å². The van der Waals surface area contributed by atoms with E-state index in [-0.39, 0.29) is 6.61 Å². The average Bonchev–Trinajstić information content (AvgIpc) is 3.34. The summed E-state index contributed by atoms with van der Waals surface area (Å²) in [4.78, 5) is 36.6. The lowest BCUT2D eigenvalue weighted by molar-refractivity contribution is 0.131. The Morgan fingerprint density at radius 2 is 1.78 bits per heavy atom. The van der Waals surface area contributed by atoms with Crippen molar-refractivity contribution in [3.63, 3.8) is 0 Å². The van der Waals surface area contributed by atoms with Crippen molar-refractivity contribution in [2.45, 2.75) is 13.8 Å². The number of hydrogen-bond donors (Lipinski definition) is 0. The maximum absolute atomic E-state index is 12.6. The van der Waals surface area contributed by atoms with Gasteiger partial charge in [0.15, 0.2) is 5.75 Å². The van der Waals surface area contributed by atoms with Gasteiger partial charge in [-0.3, -0.25) is 0 Å². The van der Waals surface area contributed by atoms with E-state index in [9.17, 15) is 4.79 Å². The van der Waals surface area contributed by atoms with Gasteiger partial charge in [0.1, 0.15) is 10.7 Å². The van der Waals surface area contributed by atoms with E-state index in [1.54, 1.807) is 38.4 Å². The molecule has 0 aliphatic heterocycles. The number of ether oxygens (including phenoxy) is 3. The number of aryl methyl sites for hydroxylation is 1. The average molecular weight is 518 g/mol. The molecule has 0 atom stereocenters. The van der Waals surface area contributed by atoms with Gasteiger partial charge in [0.05, 0.1) is 54.5 Å². The number of carbonyl (C=O) groups is 1. The first-order valence-corrected chi connectivity index (χ1v) is 12.2. The van der Waals surface area contributed by atoms with E-state index in [1.165, 1.54) is 24.6 Å². The van der Waals surface area contributed by atoms with Crippen molar-refractivity contribution in [3.8, 4) is 28.1 Å². The molecule has 2 aromatic carbocycles. The van der Waals surface area contributed by atoms with Crippen LogP contribution in [0, 0.1) is 6.92 Å². The summed E-state index contributed by atoms with van der Waals surface area (Å²) in [5.74, 6) is 1.30. The predicted molar refractivity (Wildman–Crippen MR) is 140 cm³/mol. The van der Waals surface area contributed by atoms with Gasteiger partial charge >= 0.3 is 6.09 Å². The Labute approximate surface area is 216 Å². The van der Waals surface area contributed by atoms with Crippen LogP contribution in [-0.2, 0) is 4.74 Å². The third-order valence-corrected chi connectivity index (χ3v) is 6.41. The van der Waals surface area contributed by atoms with E-state index in [0.29, 0.717) is 23.2 Å². The van der Waals surface area contributed by atoms with Crippen LogP contribution in [0.3, 0.4) is 0 Å². The highest BCUT2D eigenvalue weighted by Gasteiger charge is 2.21. The molecule has 0 radical (unpaired) electrons. The molecule has 188 valence electrons. The monoisotopic (exact) mass is 517 g/mol. The molecule has 37 heavy (non-hydrogen) atoms. The third-order valence-electron chi connectivity index (χ3n) is 5.36. The Hall–Kier alpha value is -4.51. The normalized spacial score (nSPS) is 10.9. The van der Waals surface area contributed by atoms with E-state index >= 15 is 0 Å². The molecule has 3 heterocycles. The van der Waals surface area contributed by atoms with Crippen LogP contribution in [0.15, 0.2) is 54.9 Å². The second-order valence-electron chi connectivity index (χ2n) is 7.88. The lowest BCUT2D eigenvalue weighted by Gasteiger charge is -2.21. The molecule has 0 saturated carbocycles. The number of anilines is 1.